The quantitative estimate of drug-likeness (QED) is 0.571. The van der Waals surface area contributed by atoms with E-state index in [1.807, 2.05) is 0 Å². The second kappa shape index (κ2) is 8.35. The molecular weight excluding hydrogens is 458 g/mol. The first-order valence-electron chi connectivity index (χ1n) is 11.6. The molecule has 11 heteroatoms. The normalized spacial score (nSPS) is 21.2. The lowest BCUT2D eigenvalue weighted by Crippen LogP contribution is -2.52. The number of nitrogens with one attached hydrogen (secondary N) is 1. The maximum absolute atomic E-state index is 14.8. The number of anilines is 2. The third kappa shape index (κ3) is 4.04. The van der Waals surface area contributed by atoms with E-state index in [4.69, 9.17) is 34.7 Å². The summed E-state index contributed by atoms with van der Waals surface area (Å²) in [7, 11) is -1.17. The highest BCUT2D eigenvalue weighted by Crippen LogP contribution is 2.46. The average Bonchev–Trinajstić information content (AvgIpc) is 3.25. The number of hydrogen-bond acceptors (Lipinski definition) is 8. The number of likely N-dealkylation sites (tertiary alicyclic amines) is 1. The molecule has 0 spiro atoms. The van der Waals surface area contributed by atoms with Gasteiger partial charge in [-0.15, -0.1) is 0 Å². The fraction of sp³-hybridized carbons (Fsp3) is 0.364. The van der Waals surface area contributed by atoms with Crippen molar-refractivity contribution in [3.8, 4) is 23.0 Å². The smallest absolute Gasteiger partial charge is 0.296 e. The number of hydrogen-bond donors (Lipinski definition) is 1. The van der Waals surface area contributed by atoms with Crippen LogP contribution in [0, 0.1) is 0 Å². The van der Waals surface area contributed by atoms with Gasteiger partial charge in [0.05, 0.1) is 33.6 Å². The van der Waals surface area contributed by atoms with Gasteiger partial charge >= 0.3 is 0 Å². The monoisotopic (exact) mass is 481 g/mol. The largest absolute Gasteiger partial charge is 0.497 e. The Kier molecular flexibility index (Phi) is 4.64. The maximum atomic E-state index is 14.8. The Balaban J connectivity index is 1.61. The van der Waals surface area contributed by atoms with E-state index in [1.54, 1.807) is 19.2 Å². The van der Waals surface area contributed by atoms with E-state index < -0.39 is 25.6 Å². The standard InChI is InChI=1S/C22H21ClF2N4O4/c1-29-6-5-17(22(24,25)9-29)33-16-8-12(30-2)7-14-18(16)21(27-10-26-14)28-19-13(23)3-4-15-20(19)32-11-31-15/h3-4,7-8,10,17H,5-6,9,11H2,1-2H3,(H,26,27,28)/i2D3. The maximum Gasteiger partial charge on any atom is 0.296 e. The Morgan fingerprint density at radius 2 is 2.18 bits per heavy atom. The predicted molar refractivity (Wildman–Crippen MR) is 118 cm³/mol. The highest BCUT2D eigenvalue weighted by atomic mass is 35.5. The van der Waals surface area contributed by atoms with Gasteiger partial charge in [-0.05, 0) is 19.2 Å². The second-order valence-electron chi connectivity index (χ2n) is 7.82. The van der Waals surface area contributed by atoms with Gasteiger partial charge < -0.3 is 29.2 Å². The average molecular weight is 482 g/mol. The molecule has 1 fully saturated rings. The molecule has 3 aromatic rings. The summed E-state index contributed by atoms with van der Waals surface area (Å²) in [6.45, 7) is -0.0790. The summed E-state index contributed by atoms with van der Waals surface area (Å²) >= 11 is 6.39. The Morgan fingerprint density at radius 3 is 3.00 bits per heavy atom. The van der Waals surface area contributed by atoms with Crippen LogP contribution in [0.5, 0.6) is 23.0 Å². The Hall–Kier alpha value is -3.11. The number of fused-ring (bicyclic) bond motifs is 2. The topological polar surface area (TPSA) is 78.0 Å². The first-order valence-corrected chi connectivity index (χ1v) is 10.4. The molecule has 2 aliphatic heterocycles. The van der Waals surface area contributed by atoms with Gasteiger partial charge in [0.25, 0.3) is 5.92 Å². The third-order valence-corrected chi connectivity index (χ3v) is 5.83. The summed E-state index contributed by atoms with van der Waals surface area (Å²) < 4.78 is 73.8. The molecule has 2 aromatic carbocycles. The third-order valence-electron chi connectivity index (χ3n) is 5.52. The first-order chi connectivity index (χ1) is 17.0. The summed E-state index contributed by atoms with van der Waals surface area (Å²) in [6, 6.07) is 5.88. The number of halogens is 3. The fourth-order valence-corrected chi connectivity index (χ4v) is 4.14. The van der Waals surface area contributed by atoms with Gasteiger partial charge in [-0.1, -0.05) is 11.6 Å². The lowest BCUT2D eigenvalue weighted by atomic mass is 10.0. The van der Waals surface area contributed by atoms with Crippen molar-refractivity contribution < 1.29 is 31.8 Å². The molecule has 0 aliphatic carbocycles. The van der Waals surface area contributed by atoms with Gasteiger partial charge in [0, 0.05) is 25.1 Å². The minimum atomic E-state index is -3.15. The van der Waals surface area contributed by atoms with Crippen molar-refractivity contribution in [2.45, 2.75) is 18.4 Å². The number of alkyl halides is 2. The zero-order chi connectivity index (χ0) is 25.7. The lowest BCUT2D eigenvalue weighted by Gasteiger charge is -2.36. The van der Waals surface area contributed by atoms with E-state index >= 15 is 0 Å². The van der Waals surface area contributed by atoms with Gasteiger partial charge in [0.15, 0.2) is 17.6 Å². The van der Waals surface area contributed by atoms with E-state index in [1.165, 1.54) is 23.4 Å². The van der Waals surface area contributed by atoms with Crippen LogP contribution in [0.3, 0.4) is 0 Å². The lowest BCUT2D eigenvalue weighted by molar-refractivity contribution is -0.134. The van der Waals surface area contributed by atoms with Crippen LogP contribution in [0.25, 0.3) is 10.9 Å². The van der Waals surface area contributed by atoms with Crippen LogP contribution >= 0.6 is 11.6 Å². The molecule has 1 saturated heterocycles. The van der Waals surface area contributed by atoms with Crippen molar-refractivity contribution in [1.82, 2.24) is 14.9 Å². The van der Waals surface area contributed by atoms with Gasteiger partial charge in [0.1, 0.15) is 29.3 Å². The minimum absolute atomic E-state index is 0.00423. The van der Waals surface area contributed by atoms with E-state index in [9.17, 15) is 8.78 Å². The van der Waals surface area contributed by atoms with Crippen molar-refractivity contribution in [2.75, 3.05) is 39.3 Å². The van der Waals surface area contributed by atoms with Gasteiger partial charge in [-0.3, -0.25) is 0 Å². The number of aromatic nitrogens is 2. The number of nitrogens with zero attached hydrogens (tertiary/aromatic N) is 3. The van der Waals surface area contributed by atoms with Crippen LogP contribution in [0.4, 0.5) is 20.3 Å². The molecule has 5 rings (SSSR count). The predicted octanol–water partition coefficient (Wildman–Crippen LogP) is 4.48. The SMILES string of the molecule is [2H]C([2H])([2H])Oc1cc(OC2CCN(C)CC2(F)F)c2c(Nc3c(Cl)ccc4c3OCO4)ncnc2c1. The summed E-state index contributed by atoms with van der Waals surface area (Å²) in [5.74, 6) is -2.33. The molecule has 0 saturated carbocycles. The number of piperidine rings is 1. The second-order valence-corrected chi connectivity index (χ2v) is 8.22. The molecule has 0 bridgehead atoms. The molecule has 8 nitrogen and oxygen atoms in total. The van der Waals surface area contributed by atoms with Crippen LogP contribution < -0.4 is 24.3 Å². The number of benzene rings is 2. The Morgan fingerprint density at radius 1 is 1.30 bits per heavy atom. The zero-order valence-corrected chi connectivity index (χ0v) is 18.2. The van der Waals surface area contributed by atoms with Crippen molar-refractivity contribution in [2.24, 2.45) is 0 Å². The van der Waals surface area contributed by atoms with Crippen LogP contribution in [0.2, 0.25) is 5.02 Å². The molecule has 0 amide bonds. The molecule has 1 aromatic heterocycles. The molecule has 174 valence electrons. The molecule has 33 heavy (non-hydrogen) atoms. The number of methoxy groups -OCH3 is 1. The van der Waals surface area contributed by atoms with Crippen LogP contribution in [0.1, 0.15) is 10.5 Å². The molecule has 3 heterocycles. The van der Waals surface area contributed by atoms with Crippen LogP contribution in [-0.4, -0.2) is 60.9 Å². The number of rotatable bonds is 5. The van der Waals surface area contributed by atoms with Crippen molar-refractivity contribution in [1.29, 1.82) is 0 Å². The molecule has 1 N–H and O–H groups in total. The minimum Gasteiger partial charge on any atom is -0.497 e. The molecular formula is C22H21ClF2N4O4. The van der Waals surface area contributed by atoms with E-state index in [2.05, 4.69) is 15.3 Å². The van der Waals surface area contributed by atoms with Crippen molar-refractivity contribution in [3.63, 3.8) is 0 Å². The van der Waals surface area contributed by atoms with E-state index in [-0.39, 0.29) is 41.4 Å². The number of ether oxygens (including phenoxy) is 4. The summed E-state index contributed by atoms with van der Waals surface area (Å²) in [5.41, 5.74) is 0.561. The van der Waals surface area contributed by atoms with Gasteiger partial charge in [-0.25, -0.2) is 18.7 Å². The summed E-state index contributed by atoms with van der Waals surface area (Å²) in [6.07, 6.45) is -0.185. The highest BCUT2D eigenvalue weighted by Gasteiger charge is 2.45. The van der Waals surface area contributed by atoms with Gasteiger partial charge in [-0.2, -0.15) is 0 Å². The summed E-state index contributed by atoms with van der Waals surface area (Å²) in [4.78, 5) is 9.98. The first kappa shape index (κ1) is 18.3. The molecule has 2 aliphatic rings. The van der Waals surface area contributed by atoms with Crippen molar-refractivity contribution >= 4 is 34.0 Å². The molecule has 0 radical (unpaired) electrons. The highest BCUT2D eigenvalue weighted by molar-refractivity contribution is 6.34. The fourth-order valence-electron chi connectivity index (χ4n) is 3.95. The van der Waals surface area contributed by atoms with Gasteiger partial charge in [0.2, 0.25) is 6.79 Å². The molecule has 1 atom stereocenters. The van der Waals surface area contributed by atoms with E-state index in [0.29, 0.717) is 28.8 Å². The Labute approximate surface area is 197 Å². The Bertz CT molecular complexity index is 1310. The summed E-state index contributed by atoms with van der Waals surface area (Å²) in [5, 5.41) is 3.61. The molecule has 1 unspecified atom stereocenters. The zero-order valence-electron chi connectivity index (χ0n) is 20.4. The van der Waals surface area contributed by atoms with Crippen LogP contribution in [0.15, 0.2) is 30.6 Å². The van der Waals surface area contributed by atoms with E-state index in [0.717, 1.165) is 0 Å². The van der Waals surface area contributed by atoms with Crippen LogP contribution in [-0.2, 0) is 0 Å². The van der Waals surface area contributed by atoms with Crippen molar-refractivity contribution in [3.05, 3.63) is 35.6 Å².